The Morgan fingerprint density at radius 2 is 2.25 bits per heavy atom. The molecule has 84 valence electrons. The van der Waals surface area contributed by atoms with E-state index in [4.69, 9.17) is 16.9 Å². The van der Waals surface area contributed by atoms with Gasteiger partial charge in [-0.25, -0.2) is 0 Å². The van der Waals surface area contributed by atoms with Crippen LogP contribution in [-0.4, -0.2) is 31.4 Å². The van der Waals surface area contributed by atoms with Gasteiger partial charge in [0.2, 0.25) is 5.91 Å². The van der Waals surface area contributed by atoms with E-state index in [1.54, 1.807) is 32.3 Å². The Labute approximate surface area is 99.4 Å². The lowest BCUT2D eigenvalue weighted by molar-refractivity contribution is -0.126. The van der Waals surface area contributed by atoms with Crippen LogP contribution in [0.4, 0.5) is 5.69 Å². The predicted molar refractivity (Wildman–Crippen MR) is 63.4 cm³/mol. The SMILES string of the molecule is CN(C)C(=O)CNc1cc(C#N)ccc1Cl. The van der Waals surface area contributed by atoms with E-state index in [1.807, 2.05) is 6.07 Å². The van der Waals surface area contributed by atoms with E-state index in [-0.39, 0.29) is 12.5 Å². The van der Waals surface area contributed by atoms with Crippen LogP contribution in [0.15, 0.2) is 18.2 Å². The average Bonchev–Trinajstić information content (AvgIpc) is 2.27. The van der Waals surface area contributed by atoms with E-state index in [0.29, 0.717) is 16.3 Å². The predicted octanol–water partition coefficient (Wildman–Crippen LogP) is 1.71. The molecule has 0 aliphatic heterocycles. The normalized spacial score (nSPS) is 9.38. The monoisotopic (exact) mass is 237 g/mol. The molecule has 0 radical (unpaired) electrons. The molecule has 0 heterocycles. The molecule has 1 rings (SSSR count). The second-order valence-electron chi connectivity index (χ2n) is 3.45. The number of anilines is 1. The van der Waals surface area contributed by atoms with Crippen molar-refractivity contribution in [2.75, 3.05) is 26.0 Å². The van der Waals surface area contributed by atoms with Gasteiger partial charge in [-0.1, -0.05) is 11.6 Å². The molecule has 0 atom stereocenters. The summed E-state index contributed by atoms with van der Waals surface area (Å²) in [6.45, 7) is 0.154. The minimum atomic E-state index is -0.0570. The van der Waals surface area contributed by atoms with Gasteiger partial charge in [-0.3, -0.25) is 4.79 Å². The van der Waals surface area contributed by atoms with E-state index in [2.05, 4.69) is 5.32 Å². The Kier molecular flexibility index (Phi) is 4.15. The quantitative estimate of drug-likeness (QED) is 0.871. The van der Waals surface area contributed by atoms with E-state index in [1.165, 1.54) is 4.90 Å². The van der Waals surface area contributed by atoms with Gasteiger partial charge in [-0.15, -0.1) is 0 Å². The van der Waals surface area contributed by atoms with Crippen molar-refractivity contribution in [3.05, 3.63) is 28.8 Å². The largest absolute Gasteiger partial charge is 0.375 e. The van der Waals surface area contributed by atoms with Crippen molar-refractivity contribution in [1.82, 2.24) is 4.90 Å². The Morgan fingerprint density at radius 1 is 1.56 bits per heavy atom. The fourth-order valence-corrected chi connectivity index (χ4v) is 1.24. The van der Waals surface area contributed by atoms with Crippen molar-refractivity contribution in [2.24, 2.45) is 0 Å². The molecule has 0 aromatic heterocycles. The number of halogens is 1. The minimum Gasteiger partial charge on any atom is -0.375 e. The number of benzene rings is 1. The number of hydrogen-bond acceptors (Lipinski definition) is 3. The highest BCUT2D eigenvalue weighted by Gasteiger charge is 2.06. The number of nitrogens with one attached hydrogen (secondary N) is 1. The van der Waals surface area contributed by atoms with Crippen LogP contribution in [0.25, 0.3) is 0 Å². The van der Waals surface area contributed by atoms with Gasteiger partial charge in [-0.05, 0) is 18.2 Å². The van der Waals surface area contributed by atoms with E-state index < -0.39 is 0 Å². The van der Waals surface area contributed by atoms with Crippen LogP contribution in [0.3, 0.4) is 0 Å². The topological polar surface area (TPSA) is 56.1 Å². The van der Waals surface area contributed by atoms with Gasteiger partial charge in [0.05, 0.1) is 28.9 Å². The number of amides is 1. The smallest absolute Gasteiger partial charge is 0.241 e. The van der Waals surface area contributed by atoms with Gasteiger partial charge in [0.1, 0.15) is 0 Å². The fourth-order valence-electron chi connectivity index (χ4n) is 1.06. The summed E-state index contributed by atoms with van der Waals surface area (Å²) in [6, 6.07) is 6.88. The van der Waals surface area contributed by atoms with Gasteiger partial charge in [-0.2, -0.15) is 5.26 Å². The highest BCUT2D eigenvalue weighted by molar-refractivity contribution is 6.33. The van der Waals surface area contributed by atoms with Crippen LogP contribution < -0.4 is 5.32 Å². The van der Waals surface area contributed by atoms with E-state index in [9.17, 15) is 4.79 Å². The molecular weight excluding hydrogens is 226 g/mol. The third-order valence-corrected chi connectivity index (χ3v) is 2.35. The lowest BCUT2D eigenvalue weighted by atomic mass is 10.2. The Balaban J connectivity index is 2.74. The summed E-state index contributed by atoms with van der Waals surface area (Å²) in [4.78, 5) is 12.8. The van der Waals surface area contributed by atoms with Crippen LogP contribution in [0, 0.1) is 11.3 Å². The molecule has 1 aromatic carbocycles. The van der Waals surface area contributed by atoms with Crippen molar-refractivity contribution in [3.8, 4) is 6.07 Å². The van der Waals surface area contributed by atoms with Crippen LogP contribution in [0.2, 0.25) is 5.02 Å². The average molecular weight is 238 g/mol. The molecule has 0 aliphatic carbocycles. The summed E-state index contributed by atoms with van der Waals surface area (Å²) in [5.74, 6) is -0.0570. The minimum absolute atomic E-state index is 0.0570. The second kappa shape index (κ2) is 5.38. The van der Waals surface area contributed by atoms with Crippen LogP contribution in [0.1, 0.15) is 5.56 Å². The number of likely N-dealkylation sites (N-methyl/N-ethyl adjacent to an activating group) is 1. The zero-order valence-corrected chi connectivity index (χ0v) is 9.88. The number of rotatable bonds is 3. The first kappa shape index (κ1) is 12.3. The fraction of sp³-hybridized carbons (Fsp3) is 0.273. The van der Waals surface area contributed by atoms with Gasteiger partial charge in [0.15, 0.2) is 0 Å². The van der Waals surface area contributed by atoms with Gasteiger partial charge >= 0.3 is 0 Å². The number of carbonyl (C=O) groups excluding carboxylic acids is 1. The van der Waals surface area contributed by atoms with E-state index >= 15 is 0 Å². The molecule has 16 heavy (non-hydrogen) atoms. The van der Waals surface area contributed by atoms with Gasteiger partial charge in [0.25, 0.3) is 0 Å². The molecule has 1 N–H and O–H groups in total. The summed E-state index contributed by atoms with van der Waals surface area (Å²) in [5.41, 5.74) is 1.10. The van der Waals surface area contributed by atoms with Crippen molar-refractivity contribution in [2.45, 2.75) is 0 Å². The molecule has 0 aliphatic rings. The molecule has 1 aromatic rings. The highest BCUT2D eigenvalue weighted by atomic mass is 35.5. The summed E-state index contributed by atoms with van der Waals surface area (Å²) in [7, 11) is 3.36. The molecule has 4 nitrogen and oxygen atoms in total. The van der Waals surface area contributed by atoms with Crippen LogP contribution in [-0.2, 0) is 4.79 Å². The molecule has 5 heteroatoms. The standard InChI is InChI=1S/C11H12ClN3O/c1-15(2)11(16)7-14-10-5-8(6-13)3-4-9(10)12/h3-5,14H,7H2,1-2H3. The van der Waals surface area contributed by atoms with Crippen molar-refractivity contribution in [1.29, 1.82) is 5.26 Å². The van der Waals surface area contributed by atoms with Crippen LogP contribution in [0.5, 0.6) is 0 Å². The van der Waals surface area contributed by atoms with Gasteiger partial charge in [0, 0.05) is 14.1 Å². The lowest BCUT2D eigenvalue weighted by Gasteiger charge is -2.12. The number of nitriles is 1. The molecule has 0 spiro atoms. The van der Waals surface area contributed by atoms with Crippen molar-refractivity contribution in [3.63, 3.8) is 0 Å². The molecule has 1 amide bonds. The molecule has 0 fully saturated rings. The Morgan fingerprint density at radius 3 is 2.81 bits per heavy atom. The zero-order valence-electron chi connectivity index (χ0n) is 9.12. The maximum atomic E-state index is 11.3. The van der Waals surface area contributed by atoms with Crippen molar-refractivity contribution < 1.29 is 4.79 Å². The zero-order chi connectivity index (χ0) is 12.1. The third-order valence-electron chi connectivity index (χ3n) is 2.02. The summed E-state index contributed by atoms with van der Waals surface area (Å²) < 4.78 is 0. The molecule has 0 saturated heterocycles. The Bertz CT molecular complexity index is 437. The summed E-state index contributed by atoms with van der Waals surface area (Å²) in [5, 5.41) is 12.1. The summed E-state index contributed by atoms with van der Waals surface area (Å²) >= 11 is 5.92. The first-order chi connectivity index (χ1) is 7.54. The number of hydrogen-bond donors (Lipinski definition) is 1. The Hall–Kier alpha value is -1.73. The number of carbonyl (C=O) groups is 1. The van der Waals surface area contributed by atoms with Gasteiger partial charge < -0.3 is 10.2 Å². The molecule has 0 bridgehead atoms. The van der Waals surface area contributed by atoms with E-state index in [0.717, 1.165) is 0 Å². The lowest BCUT2D eigenvalue weighted by Crippen LogP contribution is -2.28. The second-order valence-corrected chi connectivity index (χ2v) is 3.86. The van der Waals surface area contributed by atoms with Crippen LogP contribution >= 0.6 is 11.6 Å². The first-order valence-corrected chi connectivity index (χ1v) is 5.06. The number of nitrogens with zero attached hydrogens (tertiary/aromatic N) is 2. The first-order valence-electron chi connectivity index (χ1n) is 4.68. The van der Waals surface area contributed by atoms with Crippen molar-refractivity contribution >= 4 is 23.2 Å². The third kappa shape index (κ3) is 3.14. The molecule has 0 saturated carbocycles. The molecule has 0 unspecified atom stereocenters. The maximum Gasteiger partial charge on any atom is 0.241 e. The highest BCUT2D eigenvalue weighted by Crippen LogP contribution is 2.22. The molecular formula is C11H12ClN3O. The summed E-state index contributed by atoms with van der Waals surface area (Å²) in [6.07, 6.45) is 0. The maximum absolute atomic E-state index is 11.3.